The minimum atomic E-state index is -2.00. The summed E-state index contributed by atoms with van der Waals surface area (Å²) in [5.74, 6) is -20.2. The van der Waals surface area contributed by atoms with Crippen LogP contribution in [0.3, 0.4) is 0 Å². The lowest BCUT2D eigenvalue weighted by Gasteiger charge is -2.29. The van der Waals surface area contributed by atoms with Crippen molar-refractivity contribution in [1.29, 1.82) is 0 Å². The van der Waals surface area contributed by atoms with Gasteiger partial charge in [0, 0.05) is 19.3 Å². The van der Waals surface area contributed by atoms with E-state index in [4.69, 9.17) is 16.6 Å². The molecule has 1 aromatic rings. The Morgan fingerprint density at radius 3 is 1.38 bits per heavy atom. The maximum Gasteiger partial charge on any atom is 0.328 e. The molecule has 12 atom stereocenters. The second-order valence-corrected chi connectivity index (χ2v) is 24.6. The van der Waals surface area contributed by atoms with Crippen LogP contribution in [0.2, 0.25) is 0 Å². The number of amides is 14. The van der Waals surface area contributed by atoms with Gasteiger partial charge in [0.05, 0.1) is 38.7 Å². The fourth-order valence-corrected chi connectivity index (χ4v) is 8.98. The molecule has 0 bridgehead atoms. The second-order valence-electron chi connectivity index (χ2n) is 24.6. The number of hydrogen-bond acceptors (Lipinski definition) is 20. The van der Waals surface area contributed by atoms with Gasteiger partial charge in [-0.2, -0.15) is 0 Å². The average Bonchev–Trinajstić information content (AvgIpc) is 0.853. The van der Waals surface area contributed by atoms with Crippen molar-refractivity contribution in [2.75, 3.05) is 26.2 Å². The molecule has 0 aliphatic rings. The van der Waals surface area contributed by atoms with Crippen LogP contribution in [0, 0.1) is 23.7 Å². The summed E-state index contributed by atoms with van der Waals surface area (Å²) in [5.41, 5.74) is 11.3. The number of carboxylic acids is 3. The number of nitrogens with two attached hydrogens (primary N) is 2. The third-order valence-corrected chi connectivity index (χ3v) is 14.6. The molecule has 548 valence electrons. The van der Waals surface area contributed by atoms with E-state index in [2.05, 4.69) is 69.1 Å². The number of carbonyl (C=O) groups is 17. The number of aliphatic hydroxyl groups is 1. The van der Waals surface area contributed by atoms with Crippen molar-refractivity contribution in [2.24, 2.45) is 35.1 Å². The highest BCUT2D eigenvalue weighted by Crippen LogP contribution is 2.16. The molecule has 0 spiro atoms. The molecule has 0 unspecified atom stereocenters. The third kappa shape index (κ3) is 33.1. The van der Waals surface area contributed by atoms with Crippen LogP contribution < -0.4 is 80.6 Å². The highest BCUT2D eigenvalue weighted by atomic mass is 16.4. The zero-order valence-corrected chi connectivity index (χ0v) is 56.5. The Morgan fingerprint density at radius 1 is 0.439 bits per heavy atom. The second kappa shape index (κ2) is 43.2. The van der Waals surface area contributed by atoms with Crippen molar-refractivity contribution in [3.8, 4) is 5.75 Å². The molecule has 0 aromatic heterocycles. The number of aliphatic hydroxyl groups excluding tert-OH is 1. The van der Waals surface area contributed by atoms with Crippen molar-refractivity contribution < 1.29 is 107 Å². The van der Waals surface area contributed by atoms with Gasteiger partial charge in [0.15, 0.2) is 0 Å². The first kappa shape index (κ1) is 85.9. The molecule has 0 heterocycles. The summed E-state index contributed by atoms with van der Waals surface area (Å²) in [6.45, 7) is 12.4. The molecule has 37 nitrogen and oxygen atoms in total. The molecule has 0 aliphatic carbocycles. The van der Waals surface area contributed by atoms with Crippen LogP contribution in [-0.4, -0.2) is 219 Å². The molecule has 37 heteroatoms. The molecule has 0 aliphatic heterocycles. The first-order valence-electron chi connectivity index (χ1n) is 31.6. The van der Waals surface area contributed by atoms with Gasteiger partial charge in [-0.1, -0.05) is 73.9 Å². The Kier molecular flexibility index (Phi) is 37.9. The molecule has 98 heavy (non-hydrogen) atoms. The Balaban J connectivity index is 3.35. The van der Waals surface area contributed by atoms with Crippen LogP contribution >= 0.6 is 0 Å². The Hall–Kier alpha value is -10.1. The summed E-state index contributed by atoms with van der Waals surface area (Å²) < 4.78 is 0. The zero-order chi connectivity index (χ0) is 74.8. The normalized spacial score (nSPS) is 14.7. The lowest BCUT2D eigenvalue weighted by molar-refractivity contribution is -0.143. The van der Waals surface area contributed by atoms with Crippen molar-refractivity contribution in [2.45, 2.75) is 193 Å². The van der Waals surface area contributed by atoms with Crippen LogP contribution in [0.25, 0.3) is 0 Å². The molecule has 22 N–H and O–H groups in total. The molecule has 0 radical (unpaired) electrons. The molecule has 0 saturated carbocycles. The summed E-state index contributed by atoms with van der Waals surface area (Å²) in [4.78, 5) is 221. The molecule has 1 aromatic carbocycles. The number of phenolic OH excluding ortho intramolecular Hbond substituents is 1. The number of phenols is 1. The summed E-state index contributed by atoms with van der Waals surface area (Å²) >= 11 is 0. The monoisotopic (exact) mass is 1390 g/mol. The number of benzene rings is 1. The van der Waals surface area contributed by atoms with E-state index in [1.807, 2.05) is 0 Å². The fourth-order valence-electron chi connectivity index (χ4n) is 8.98. The van der Waals surface area contributed by atoms with Gasteiger partial charge in [-0.05, 0) is 80.9 Å². The number of rotatable bonds is 45. The first-order valence-corrected chi connectivity index (χ1v) is 31.6. The van der Waals surface area contributed by atoms with Crippen LogP contribution in [-0.2, 0) is 87.9 Å². The largest absolute Gasteiger partial charge is 0.508 e. The van der Waals surface area contributed by atoms with E-state index in [1.165, 1.54) is 52.0 Å². The number of hydrogen-bond donors (Lipinski definition) is 20. The third-order valence-electron chi connectivity index (χ3n) is 14.6. The lowest BCUT2D eigenvalue weighted by atomic mass is 9.97. The summed E-state index contributed by atoms with van der Waals surface area (Å²) in [7, 11) is 0. The number of primary amides is 1. The molecule has 1 rings (SSSR count). The summed E-state index contributed by atoms with van der Waals surface area (Å²) in [6, 6.07) is -11.2. The lowest BCUT2D eigenvalue weighted by Crippen LogP contribution is -2.61. The molecular formula is C61H97N15O22. The van der Waals surface area contributed by atoms with Crippen molar-refractivity contribution >= 4 is 101 Å². The predicted molar refractivity (Wildman–Crippen MR) is 345 cm³/mol. The van der Waals surface area contributed by atoms with Crippen LogP contribution in [0.15, 0.2) is 24.3 Å². The van der Waals surface area contributed by atoms with Gasteiger partial charge < -0.3 is 106 Å². The Bertz CT molecular complexity index is 2980. The van der Waals surface area contributed by atoms with E-state index in [0.29, 0.717) is 5.56 Å². The van der Waals surface area contributed by atoms with Gasteiger partial charge in [0.25, 0.3) is 0 Å². The SMILES string of the molecule is CC[C@H](C)[C@H](NC(=O)CNC(=O)CNC(=O)[C@H](CC(C)C)NC(=O)[C@H](C)NC(=O)CNC(=O)[C@H](CCC(=O)O)NC(=O)[C@H](C)N)C(=O)N[C@@H](Cc1ccc(O)cc1)C(=O)N[C@@H](CCC(N)=O)C(=O)N[C@@H](CC(=O)O)C(=O)N[C@@H](CC(C)C)C(=O)N[C@H](C(=O)N[C@@H](CO)C(=O)O)C(C)C. The number of carboxylic acid groups (broad SMARTS) is 3. The van der Waals surface area contributed by atoms with E-state index < -0.39 is 231 Å². The van der Waals surface area contributed by atoms with E-state index in [0.717, 1.165) is 0 Å². The molecule has 14 amide bonds. The topological polar surface area (TPSA) is 600 Å². The van der Waals surface area contributed by atoms with Gasteiger partial charge >= 0.3 is 17.9 Å². The van der Waals surface area contributed by atoms with E-state index in [1.54, 1.807) is 41.5 Å². The number of carbonyl (C=O) groups excluding carboxylic acids is 14. The first-order chi connectivity index (χ1) is 45.7. The van der Waals surface area contributed by atoms with E-state index >= 15 is 0 Å². The van der Waals surface area contributed by atoms with Crippen LogP contribution in [0.1, 0.15) is 126 Å². The summed E-state index contributed by atoms with van der Waals surface area (Å²) in [6.07, 6.45) is -3.34. The quantitative estimate of drug-likeness (QED) is 0.0289. The number of aromatic hydroxyl groups is 1. The van der Waals surface area contributed by atoms with Crippen LogP contribution in [0.4, 0.5) is 0 Å². The summed E-state index contributed by atoms with van der Waals surface area (Å²) in [5, 5.41) is 78.4. The maximum absolute atomic E-state index is 14.4. The Labute approximate surface area is 565 Å². The van der Waals surface area contributed by atoms with Crippen molar-refractivity contribution in [3.05, 3.63) is 29.8 Å². The average molecular weight is 1390 g/mol. The van der Waals surface area contributed by atoms with Gasteiger partial charge in [0.1, 0.15) is 66.2 Å². The predicted octanol–water partition coefficient (Wildman–Crippen LogP) is -6.03. The zero-order valence-electron chi connectivity index (χ0n) is 56.5. The van der Waals surface area contributed by atoms with Crippen LogP contribution in [0.5, 0.6) is 5.75 Å². The highest BCUT2D eigenvalue weighted by molar-refractivity contribution is 6.00. The smallest absolute Gasteiger partial charge is 0.328 e. The van der Waals surface area contributed by atoms with E-state index in [-0.39, 0.29) is 49.7 Å². The number of nitrogens with one attached hydrogen (secondary N) is 13. The van der Waals surface area contributed by atoms with Crippen molar-refractivity contribution in [3.63, 3.8) is 0 Å². The van der Waals surface area contributed by atoms with Gasteiger partial charge in [-0.25, -0.2) is 4.79 Å². The minimum absolute atomic E-state index is 0.0335. The van der Waals surface area contributed by atoms with Gasteiger partial charge in [0.2, 0.25) is 82.7 Å². The van der Waals surface area contributed by atoms with Gasteiger partial charge in [-0.15, -0.1) is 0 Å². The maximum atomic E-state index is 14.4. The Morgan fingerprint density at radius 2 is 0.867 bits per heavy atom. The molecule has 0 saturated heterocycles. The standard InChI is InChI=1S/C61H97N15O22/c1-11-31(8)50(75-46(82)25-64-44(80)24-65-54(90)38(20-28(2)3)70-52(88)33(10)67-45(81)26-66-53(89)36(17-19-47(83)84)68-51(87)32(9)62)60(96)73-40(22-34-12-14-35(78)15-13-34)56(92)69-37(16-18-43(63)79)55(91)72-41(23-48(85)86)57(93)71-39(21-29(4)5)58(94)76-49(30(6)7)59(95)74-42(27-77)61(97)98/h12-15,28-33,36-42,49-50,77-78H,11,16-27,62H2,1-10H3,(H2,63,79)(H,64,80)(H,65,90)(H,66,89)(H,67,81)(H,68,87)(H,69,92)(H,70,88)(H,71,93)(H,72,91)(H,73,96)(H,74,95)(H,75,82)(H,76,94)(H,83,84)(H,85,86)(H,97,98)/t31-,32-,33-,36-,37-,38-,39-,40-,41-,42-,49-,50-/m0/s1. The molecule has 0 fully saturated rings. The number of aliphatic carboxylic acids is 3. The molecular weight excluding hydrogens is 1290 g/mol. The fraction of sp³-hybridized carbons (Fsp3) is 0.623. The van der Waals surface area contributed by atoms with Crippen molar-refractivity contribution in [1.82, 2.24) is 69.1 Å². The minimum Gasteiger partial charge on any atom is -0.508 e. The highest BCUT2D eigenvalue weighted by Gasteiger charge is 2.37. The van der Waals surface area contributed by atoms with E-state index in [9.17, 15) is 102 Å². The van der Waals surface area contributed by atoms with Gasteiger partial charge in [-0.3, -0.25) is 76.7 Å².